The van der Waals surface area contributed by atoms with Gasteiger partial charge in [-0.2, -0.15) is 0 Å². The van der Waals surface area contributed by atoms with Crippen LogP contribution >= 0.6 is 0 Å². The molecular weight excluding hydrogens is 466 g/mol. The molecule has 3 heterocycles. The Labute approximate surface area is 218 Å². The lowest BCUT2D eigenvalue weighted by molar-refractivity contribution is -0.135. The largest absolute Gasteiger partial charge is 0.504 e. The number of likely N-dealkylation sites (tertiary alicyclic amines) is 1. The molecule has 1 aromatic carbocycles. The van der Waals surface area contributed by atoms with Gasteiger partial charge < -0.3 is 24.1 Å². The SMILES string of the molecule is CN(C)c1cc(O)c2c3c1C[C@@H]1[C@@H]4CC[C@@H](N(C)C(=O)/C=C/c5ccoc5)[C@H](O2)[C@]34CCN1CC1CC1. The summed E-state index contributed by atoms with van der Waals surface area (Å²) in [5.41, 5.74) is 4.40. The van der Waals surface area contributed by atoms with E-state index >= 15 is 0 Å². The van der Waals surface area contributed by atoms with Crippen molar-refractivity contribution in [3.8, 4) is 11.5 Å². The fourth-order valence-corrected chi connectivity index (χ4v) is 8.14. The van der Waals surface area contributed by atoms with Crippen LogP contribution in [0, 0.1) is 11.8 Å². The molecule has 2 aromatic rings. The molecule has 7 nitrogen and oxygen atoms in total. The third-order valence-electron chi connectivity index (χ3n) is 9.98. The summed E-state index contributed by atoms with van der Waals surface area (Å²) >= 11 is 0. The molecule has 7 heteroatoms. The molecule has 196 valence electrons. The van der Waals surface area contributed by atoms with Crippen molar-refractivity contribution in [3.63, 3.8) is 0 Å². The Morgan fingerprint density at radius 3 is 2.81 bits per heavy atom. The van der Waals surface area contributed by atoms with Crippen LogP contribution in [0.2, 0.25) is 0 Å². The number of piperidine rings is 1. The van der Waals surface area contributed by atoms with E-state index < -0.39 is 0 Å². The van der Waals surface area contributed by atoms with Crippen molar-refractivity contribution >= 4 is 17.7 Å². The number of amides is 1. The molecule has 1 saturated heterocycles. The molecule has 1 N–H and O–H groups in total. The first-order valence-corrected chi connectivity index (χ1v) is 13.8. The Bertz CT molecular complexity index is 1250. The van der Waals surface area contributed by atoms with Gasteiger partial charge in [-0.1, -0.05) is 0 Å². The van der Waals surface area contributed by atoms with E-state index in [2.05, 4.69) is 23.9 Å². The lowest BCUT2D eigenvalue weighted by Gasteiger charge is -2.60. The number of carbonyl (C=O) groups excluding carboxylic acids is 1. The number of likely N-dealkylation sites (N-methyl/N-ethyl adjacent to an activating group) is 1. The van der Waals surface area contributed by atoms with Crippen LogP contribution in [0.3, 0.4) is 0 Å². The molecule has 1 amide bonds. The van der Waals surface area contributed by atoms with Gasteiger partial charge in [0, 0.05) is 68.1 Å². The molecule has 3 aliphatic carbocycles. The molecule has 5 atom stereocenters. The summed E-state index contributed by atoms with van der Waals surface area (Å²) in [4.78, 5) is 20.1. The lowest BCUT2D eigenvalue weighted by Crippen LogP contribution is -2.69. The number of rotatable bonds is 6. The Hall–Kier alpha value is -2.93. The van der Waals surface area contributed by atoms with Gasteiger partial charge >= 0.3 is 0 Å². The minimum absolute atomic E-state index is 0.0300. The Morgan fingerprint density at radius 1 is 1.24 bits per heavy atom. The quantitative estimate of drug-likeness (QED) is 0.600. The zero-order valence-corrected chi connectivity index (χ0v) is 22.0. The van der Waals surface area contributed by atoms with E-state index in [0.29, 0.717) is 17.7 Å². The minimum Gasteiger partial charge on any atom is -0.504 e. The van der Waals surface area contributed by atoms with Gasteiger partial charge in [0.15, 0.2) is 11.5 Å². The number of hydrogen-bond acceptors (Lipinski definition) is 6. The number of hydrogen-bond donors (Lipinski definition) is 1. The summed E-state index contributed by atoms with van der Waals surface area (Å²) in [5.74, 6) is 2.22. The number of ether oxygens (including phenoxy) is 1. The zero-order valence-electron chi connectivity index (χ0n) is 22.0. The van der Waals surface area contributed by atoms with Crippen molar-refractivity contribution in [2.75, 3.05) is 39.1 Å². The van der Waals surface area contributed by atoms with E-state index in [9.17, 15) is 9.90 Å². The van der Waals surface area contributed by atoms with Crippen molar-refractivity contribution in [1.82, 2.24) is 9.80 Å². The second-order valence-electron chi connectivity index (χ2n) is 12.1. The van der Waals surface area contributed by atoms with E-state index in [0.717, 1.165) is 49.4 Å². The summed E-state index contributed by atoms with van der Waals surface area (Å²) in [6.07, 6.45) is 13.3. The van der Waals surface area contributed by atoms with Crippen LogP contribution in [0.1, 0.15) is 48.8 Å². The predicted octanol–water partition coefficient (Wildman–Crippen LogP) is 4.04. The van der Waals surface area contributed by atoms with Crippen molar-refractivity contribution in [3.05, 3.63) is 47.4 Å². The standard InChI is InChI=1S/C30H37N3O4/c1-31(2)23-15-25(34)28-27-20(23)14-24-21-7-8-22(32(3)26(35)9-6-19-10-13-36-17-19)29(37-28)30(21,27)11-12-33(24)16-18-4-5-18/h6,9-10,13,15,17-18,21-22,24,29,34H,4-5,7-8,11-12,14,16H2,1-3H3/b9-6+/t21-,22+,24+,29-,30-/m0/s1. The van der Waals surface area contributed by atoms with E-state index in [1.807, 2.05) is 24.1 Å². The molecule has 0 unspecified atom stereocenters. The van der Waals surface area contributed by atoms with Gasteiger partial charge in [0.25, 0.3) is 0 Å². The average molecular weight is 504 g/mol. The molecule has 0 radical (unpaired) electrons. The molecule has 2 saturated carbocycles. The monoisotopic (exact) mass is 503 g/mol. The molecular formula is C30H37N3O4. The second kappa shape index (κ2) is 8.29. The number of anilines is 1. The van der Waals surface area contributed by atoms with Crippen LogP contribution < -0.4 is 9.64 Å². The van der Waals surface area contributed by atoms with Crippen LogP contribution in [0.15, 0.2) is 35.2 Å². The molecule has 3 fully saturated rings. The summed E-state index contributed by atoms with van der Waals surface area (Å²) < 4.78 is 11.9. The van der Waals surface area contributed by atoms with E-state index in [1.54, 1.807) is 24.7 Å². The first kappa shape index (κ1) is 23.2. The number of furan rings is 1. The summed E-state index contributed by atoms with van der Waals surface area (Å²) in [5, 5.41) is 11.2. The fraction of sp³-hybridized carbons (Fsp3) is 0.567. The average Bonchev–Trinajstić information content (AvgIpc) is 3.41. The Kier molecular flexibility index (Phi) is 5.20. The second-order valence-corrected chi connectivity index (χ2v) is 12.1. The van der Waals surface area contributed by atoms with Gasteiger partial charge in [-0.15, -0.1) is 0 Å². The molecule has 7 rings (SSSR count). The zero-order chi connectivity index (χ0) is 25.5. The fourth-order valence-electron chi connectivity index (χ4n) is 8.14. The van der Waals surface area contributed by atoms with Crippen LogP contribution in [0.5, 0.6) is 11.5 Å². The van der Waals surface area contributed by atoms with Gasteiger partial charge in [0.2, 0.25) is 5.91 Å². The number of aromatic hydroxyl groups is 1. The van der Waals surface area contributed by atoms with E-state index in [-0.39, 0.29) is 29.2 Å². The normalized spacial score (nSPS) is 31.8. The van der Waals surface area contributed by atoms with Gasteiger partial charge in [0.05, 0.1) is 18.6 Å². The van der Waals surface area contributed by atoms with Gasteiger partial charge in [0.1, 0.15) is 6.10 Å². The van der Waals surface area contributed by atoms with Crippen LogP contribution in [-0.2, 0) is 16.6 Å². The van der Waals surface area contributed by atoms with Gasteiger partial charge in [-0.25, -0.2) is 0 Å². The van der Waals surface area contributed by atoms with Crippen molar-refractivity contribution in [2.24, 2.45) is 11.8 Å². The maximum atomic E-state index is 13.3. The van der Waals surface area contributed by atoms with Crippen molar-refractivity contribution in [2.45, 2.75) is 62.1 Å². The highest BCUT2D eigenvalue weighted by Crippen LogP contribution is 2.65. The summed E-state index contributed by atoms with van der Waals surface area (Å²) in [6.45, 7) is 2.27. The Balaban J connectivity index is 1.29. The molecule has 37 heavy (non-hydrogen) atoms. The smallest absolute Gasteiger partial charge is 0.246 e. The third-order valence-corrected chi connectivity index (χ3v) is 9.98. The first-order chi connectivity index (χ1) is 17.9. The van der Waals surface area contributed by atoms with Gasteiger partial charge in [-0.3, -0.25) is 9.69 Å². The molecule has 2 aliphatic heterocycles. The van der Waals surface area contributed by atoms with Crippen molar-refractivity contribution in [1.29, 1.82) is 0 Å². The van der Waals surface area contributed by atoms with Gasteiger partial charge in [-0.05, 0) is 74.6 Å². The predicted molar refractivity (Wildman–Crippen MR) is 142 cm³/mol. The van der Waals surface area contributed by atoms with Crippen LogP contribution in [0.25, 0.3) is 6.08 Å². The maximum absolute atomic E-state index is 13.3. The summed E-state index contributed by atoms with van der Waals surface area (Å²) in [7, 11) is 6.04. The number of phenols is 1. The lowest BCUT2D eigenvalue weighted by atomic mass is 9.50. The topological polar surface area (TPSA) is 69.4 Å². The Morgan fingerprint density at radius 2 is 2.08 bits per heavy atom. The molecule has 1 spiro atoms. The highest BCUT2D eigenvalue weighted by molar-refractivity contribution is 5.92. The van der Waals surface area contributed by atoms with Crippen LogP contribution in [-0.4, -0.2) is 73.2 Å². The molecule has 2 bridgehead atoms. The number of nitrogens with zero attached hydrogens (tertiary/aromatic N) is 3. The molecule has 1 aromatic heterocycles. The molecule has 5 aliphatic rings. The number of phenolic OH excluding ortho intramolecular Hbond substituents is 1. The highest BCUT2D eigenvalue weighted by atomic mass is 16.5. The van der Waals surface area contributed by atoms with Crippen molar-refractivity contribution < 1.29 is 19.1 Å². The van der Waals surface area contributed by atoms with E-state index in [4.69, 9.17) is 9.15 Å². The summed E-state index contributed by atoms with van der Waals surface area (Å²) in [6, 6.07) is 4.18. The minimum atomic E-state index is -0.164. The number of carbonyl (C=O) groups is 1. The van der Waals surface area contributed by atoms with E-state index in [1.165, 1.54) is 30.5 Å². The highest BCUT2D eigenvalue weighted by Gasteiger charge is 2.67. The van der Waals surface area contributed by atoms with Crippen LogP contribution in [0.4, 0.5) is 5.69 Å². The third kappa shape index (κ3) is 3.39. The first-order valence-electron chi connectivity index (χ1n) is 13.8. The number of benzene rings is 1. The maximum Gasteiger partial charge on any atom is 0.246 e.